The van der Waals surface area contributed by atoms with Gasteiger partial charge in [0.25, 0.3) is 0 Å². The fourth-order valence-corrected chi connectivity index (χ4v) is 5.73. The summed E-state index contributed by atoms with van der Waals surface area (Å²) in [6.45, 7) is 2.03. The van der Waals surface area contributed by atoms with Gasteiger partial charge in [0.05, 0.1) is 0 Å². The Balaban J connectivity index is 1.35. The first kappa shape index (κ1) is 13.5. The molecule has 4 aliphatic rings. The highest BCUT2D eigenvalue weighted by atomic mass is 16.1. The van der Waals surface area contributed by atoms with Crippen LogP contribution in [0.3, 0.4) is 0 Å². The average molecular weight is 282 g/mol. The third-order valence-electron chi connectivity index (χ3n) is 6.85. The van der Waals surface area contributed by atoms with E-state index in [0.717, 1.165) is 18.3 Å². The van der Waals surface area contributed by atoms with E-state index in [1.54, 1.807) is 0 Å². The zero-order valence-corrected chi connectivity index (χ0v) is 13.1. The minimum absolute atomic E-state index is 0.158. The quantitative estimate of drug-likeness (QED) is 0.750. The Morgan fingerprint density at radius 1 is 1.05 bits per heavy atom. The van der Waals surface area contributed by atoms with Crippen LogP contribution in [0.5, 0.6) is 0 Å². The molecule has 1 nitrogen and oxygen atoms in total. The predicted octanol–water partition coefficient (Wildman–Crippen LogP) is 5.11. The van der Waals surface area contributed by atoms with E-state index < -0.39 is 0 Å². The molecule has 0 heterocycles. The summed E-state index contributed by atoms with van der Waals surface area (Å²) in [5.41, 5.74) is 2.28. The minimum atomic E-state index is 0.158. The molecule has 4 aliphatic carbocycles. The number of hydrogen-bond acceptors (Lipinski definition) is 1. The van der Waals surface area contributed by atoms with Crippen LogP contribution in [0.2, 0.25) is 0 Å². The van der Waals surface area contributed by atoms with Crippen LogP contribution in [0.25, 0.3) is 0 Å². The van der Waals surface area contributed by atoms with Crippen LogP contribution in [0.4, 0.5) is 0 Å². The van der Waals surface area contributed by atoms with Crippen molar-refractivity contribution in [2.45, 2.75) is 64.2 Å². The number of carbonyl (C=O) groups is 1. The summed E-state index contributed by atoms with van der Waals surface area (Å²) in [5, 5.41) is 0. The number of ketones is 1. The van der Waals surface area contributed by atoms with Gasteiger partial charge in [0.1, 0.15) is 5.78 Å². The lowest BCUT2D eigenvalue weighted by molar-refractivity contribution is -0.232. The van der Waals surface area contributed by atoms with Gasteiger partial charge in [-0.05, 0) is 67.8 Å². The van der Waals surface area contributed by atoms with Crippen molar-refractivity contribution in [1.82, 2.24) is 0 Å². The third kappa shape index (κ3) is 1.93. The monoisotopic (exact) mass is 282 g/mol. The standard InChI is InChI=1S/C20H26O/c1-2-18(21)20-12-19(13-20,14-20)17-10-8-16(9-11-17)15-6-4-3-5-7-15/h3-7,16-17H,2,8-14H2,1H3. The minimum Gasteiger partial charge on any atom is -0.299 e. The topological polar surface area (TPSA) is 17.1 Å². The van der Waals surface area contributed by atoms with Gasteiger partial charge in [0, 0.05) is 11.8 Å². The lowest BCUT2D eigenvalue weighted by Crippen LogP contribution is -2.68. The van der Waals surface area contributed by atoms with Gasteiger partial charge < -0.3 is 0 Å². The summed E-state index contributed by atoms with van der Waals surface area (Å²) in [6, 6.07) is 11.0. The van der Waals surface area contributed by atoms with Gasteiger partial charge in [0.15, 0.2) is 0 Å². The summed E-state index contributed by atoms with van der Waals surface area (Å²) in [7, 11) is 0. The van der Waals surface area contributed by atoms with Gasteiger partial charge in [0.2, 0.25) is 0 Å². The second kappa shape index (κ2) is 4.69. The number of Topliss-reactive ketones (excluding diaryl/α,β-unsaturated/α-hetero) is 1. The van der Waals surface area contributed by atoms with E-state index in [2.05, 4.69) is 30.3 Å². The molecule has 1 aromatic rings. The van der Waals surface area contributed by atoms with Crippen molar-refractivity contribution in [1.29, 1.82) is 0 Å². The molecule has 5 rings (SSSR count). The molecule has 0 spiro atoms. The molecule has 0 atom stereocenters. The Bertz CT molecular complexity index is 516. The first-order chi connectivity index (χ1) is 10.2. The number of carbonyl (C=O) groups excluding carboxylic acids is 1. The van der Waals surface area contributed by atoms with Crippen molar-refractivity contribution in [2.24, 2.45) is 16.7 Å². The zero-order valence-electron chi connectivity index (χ0n) is 13.1. The molecule has 1 aromatic carbocycles. The number of rotatable bonds is 4. The van der Waals surface area contributed by atoms with Crippen molar-refractivity contribution in [3.63, 3.8) is 0 Å². The Labute approximate surface area is 128 Å². The largest absolute Gasteiger partial charge is 0.299 e. The summed E-state index contributed by atoms with van der Waals surface area (Å²) >= 11 is 0. The van der Waals surface area contributed by atoms with Crippen LogP contribution in [0.1, 0.15) is 69.8 Å². The van der Waals surface area contributed by atoms with Crippen LogP contribution < -0.4 is 0 Å². The molecule has 0 N–H and O–H groups in total. The van der Waals surface area contributed by atoms with Crippen LogP contribution in [-0.2, 0) is 4.79 Å². The Kier molecular flexibility index (Phi) is 3.03. The molecule has 4 fully saturated rings. The second-order valence-electron chi connectivity index (χ2n) is 7.91. The lowest BCUT2D eigenvalue weighted by Gasteiger charge is -2.73. The molecule has 0 amide bonds. The average Bonchev–Trinajstić information content (AvgIpc) is 2.46. The maximum Gasteiger partial charge on any atom is 0.138 e. The smallest absolute Gasteiger partial charge is 0.138 e. The second-order valence-corrected chi connectivity index (χ2v) is 7.91. The summed E-state index contributed by atoms with van der Waals surface area (Å²) in [4.78, 5) is 12.0. The van der Waals surface area contributed by atoms with E-state index in [0.29, 0.717) is 11.2 Å². The van der Waals surface area contributed by atoms with Gasteiger partial charge >= 0.3 is 0 Å². The van der Waals surface area contributed by atoms with Gasteiger partial charge in [-0.25, -0.2) is 0 Å². The Hall–Kier alpha value is -1.11. The summed E-state index contributed by atoms with van der Waals surface area (Å²) < 4.78 is 0. The van der Waals surface area contributed by atoms with Crippen LogP contribution >= 0.6 is 0 Å². The van der Waals surface area contributed by atoms with E-state index in [4.69, 9.17) is 0 Å². The van der Waals surface area contributed by atoms with Crippen LogP contribution in [0, 0.1) is 16.7 Å². The van der Waals surface area contributed by atoms with Gasteiger partial charge in [-0.15, -0.1) is 0 Å². The lowest BCUT2D eigenvalue weighted by atomic mass is 9.30. The number of benzene rings is 1. The van der Waals surface area contributed by atoms with Gasteiger partial charge in [-0.3, -0.25) is 4.79 Å². The highest BCUT2D eigenvalue weighted by Crippen LogP contribution is 2.78. The highest BCUT2D eigenvalue weighted by Gasteiger charge is 2.72. The van der Waals surface area contributed by atoms with E-state index in [9.17, 15) is 4.79 Å². The van der Waals surface area contributed by atoms with E-state index in [1.165, 1.54) is 50.5 Å². The molecule has 2 bridgehead atoms. The fourth-order valence-electron chi connectivity index (χ4n) is 5.73. The van der Waals surface area contributed by atoms with Gasteiger partial charge in [-0.1, -0.05) is 37.3 Å². The Morgan fingerprint density at radius 3 is 2.24 bits per heavy atom. The highest BCUT2D eigenvalue weighted by molar-refractivity contribution is 5.88. The molecular weight excluding hydrogens is 256 g/mol. The maximum atomic E-state index is 12.0. The van der Waals surface area contributed by atoms with Crippen molar-refractivity contribution < 1.29 is 4.79 Å². The fraction of sp³-hybridized carbons (Fsp3) is 0.650. The molecule has 0 unspecified atom stereocenters. The summed E-state index contributed by atoms with van der Waals surface area (Å²) in [6.07, 6.45) is 9.91. The van der Waals surface area contributed by atoms with E-state index in [-0.39, 0.29) is 5.41 Å². The first-order valence-corrected chi connectivity index (χ1v) is 8.76. The van der Waals surface area contributed by atoms with Crippen LogP contribution in [0.15, 0.2) is 30.3 Å². The molecule has 4 saturated carbocycles. The van der Waals surface area contributed by atoms with Crippen LogP contribution in [-0.4, -0.2) is 5.78 Å². The van der Waals surface area contributed by atoms with Crippen molar-refractivity contribution >= 4 is 5.78 Å². The molecule has 0 saturated heterocycles. The molecule has 0 aromatic heterocycles. The molecular formula is C20H26O. The number of hydrogen-bond donors (Lipinski definition) is 0. The summed E-state index contributed by atoms with van der Waals surface area (Å²) in [5.74, 6) is 2.23. The van der Waals surface area contributed by atoms with E-state index >= 15 is 0 Å². The molecule has 0 radical (unpaired) electrons. The van der Waals surface area contributed by atoms with Crippen molar-refractivity contribution in [3.05, 3.63) is 35.9 Å². The first-order valence-electron chi connectivity index (χ1n) is 8.76. The zero-order chi connectivity index (χ0) is 14.5. The van der Waals surface area contributed by atoms with Crippen molar-refractivity contribution in [3.8, 4) is 0 Å². The molecule has 0 aliphatic heterocycles. The van der Waals surface area contributed by atoms with Gasteiger partial charge in [-0.2, -0.15) is 0 Å². The normalized spacial score (nSPS) is 41.0. The Morgan fingerprint density at radius 2 is 1.67 bits per heavy atom. The maximum absolute atomic E-state index is 12.0. The molecule has 112 valence electrons. The van der Waals surface area contributed by atoms with Crippen molar-refractivity contribution in [2.75, 3.05) is 0 Å². The molecule has 21 heavy (non-hydrogen) atoms. The SMILES string of the molecule is CCC(=O)C12CC(C3CCC(c4ccccc4)CC3)(C1)C2. The van der Waals surface area contributed by atoms with E-state index in [1.807, 2.05) is 6.92 Å². The molecule has 1 heteroatoms. The predicted molar refractivity (Wildman–Crippen MR) is 85.2 cm³/mol. The third-order valence-corrected chi connectivity index (χ3v) is 6.85.